The van der Waals surface area contributed by atoms with E-state index in [4.69, 9.17) is 4.74 Å². The van der Waals surface area contributed by atoms with E-state index in [2.05, 4.69) is 15.3 Å². The summed E-state index contributed by atoms with van der Waals surface area (Å²) in [5.41, 5.74) is 2.09. The molecule has 0 atom stereocenters. The van der Waals surface area contributed by atoms with Gasteiger partial charge in [0.2, 0.25) is 0 Å². The normalized spacial score (nSPS) is 10.3. The fourth-order valence-electron chi connectivity index (χ4n) is 2.15. The number of thioether (sulfide) groups is 1. The number of aromatic nitrogens is 2. The topological polar surface area (TPSA) is 124 Å². The molecule has 142 valence electrons. The molecule has 0 aliphatic rings. The van der Waals surface area contributed by atoms with Crippen LogP contribution in [0.2, 0.25) is 0 Å². The molecule has 0 fully saturated rings. The Hall–Kier alpha value is -3.01. The minimum atomic E-state index is -0.664. The summed E-state index contributed by atoms with van der Waals surface area (Å²) in [4.78, 5) is 42.5. The fraction of sp³-hybridized carbons (Fsp3) is 0.294. The van der Waals surface area contributed by atoms with Gasteiger partial charge in [-0.1, -0.05) is 17.8 Å². The third-order valence-electron chi connectivity index (χ3n) is 3.27. The summed E-state index contributed by atoms with van der Waals surface area (Å²) in [5.74, 6) is -1.33. The number of carbonyl (C=O) groups excluding carboxylic acids is 2. The number of hydrogen-bond acceptors (Lipinski definition) is 8. The van der Waals surface area contributed by atoms with Gasteiger partial charge in [-0.25, -0.2) is 9.97 Å². The first-order valence-electron chi connectivity index (χ1n) is 7.90. The maximum Gasteiger partial charge on any atom is 0.316 e. The van der Waals surface area contributed by atoms with Crippen molar-refractivity contribution in [2.75, 3.05) is 17.7 Å². The fourth-order valence-corrected chi connectivity index (χ4v) is 2.90. The van der Waals surface area contributed by atoms with E-state index in [1.54, 1.807) is 13.0 Å². The monoisotopic (exact) mass is 390 g/mol. The van der Waals surface area contributed by atoms with E-state index in [9.17, 15) is 19.7 Å². The van der Waals surface area contributed by atoms with Gasteiger partial charge in [0.25, 0.3) is 11.6 Å². The van der Waals surface area contributed by atoms with Crippen LogP contribution in [0.1, 0.15) is 17.0 Å². The molecule has 0 unspecified atom stereocenters. The number of anilines is 1. The van der Waals surface area contributed by atoms with Gasteiger partial charge in [-0.15, -0.1) is 0 Å². The molecule has 9 nitrogen and oxygen atoms in total. The molecule has 10 heteroatoms. The number of hydrogen-bond donors (Lipinski definition) is 1. The van der Waals surface area contributed by atoms with Crippen LogP contribution in [0.3, 0.4) is 0 Å². The lowest BCUT2D eigenvalue weighted by Crippen LogP contribution is -2.22. The van der Waals surface area contributed by atoms with E-state index < -0.39 is 23.4 Å². The zero-order valence-electron chi connectivity index (χ0n) is 15.0. The van der Waals surface area contributed by atoms with Crippen molar-refractivity contribution in [2.45, 2.75) is 25.9 Å². The van der Waals surface area contributed by atoms with Gasteiger partial charge >= 0.3 is 5.97 Å². The van der Waals surface area contributed by atoms with E-state index in [0.717, 1.165) is 23.1 Å². The van der Waals surface area contributed by atoms with Gasteiger partial charge < -0.3 is 10.1 Å². The summed E-state index contributed by atoms with van der Waals surface area (Å²) in [6.45, 7) is 4.81. The first kappa shape index (κ1) is 20.3. The van der Waals surface area contributed by atoms with Gasteiger partial charge in [-0.3, -0.25) is 19.7 Å². The Kier molecular flexibility index (Phi) is 6.83. The lowest BCUT2D eigenvalue weighted by Gasteiger charge is -2.08. The summed E-state index contributed by atoms with van der Waals surface area (Å²) in [5, 5.41) is 13.9. The maximum absolute atomic E-state index is 11.9. The van der Waals surface area contributed by atoms with Crippen LogP contribution in [-0.4, -0.2) is 39.1 Å². The number of benzene rings is 1. The first-order valence-corrected chi connectivity index (χ1v) is 8.89. The summed E-state index contributed by atoms with van der Waals surface area (Å²) in [7, 11) is 0. The summed E-state index contributed by atoms with van der Waals surface area (Å²) in [6.07, 6.45) is 0. The van der Waals surface area contributed by atoms with Crippen molar-refractivity contribution in [2.24, 2.45) is 0 Å². The van der Waals surface area contributed by atoms with Crippen molar-refractivity contribution < 1.29 is 19.2 Å². The third kappa shape index (κ3) is 6.33. The largest absolute Gasteiger partial charge is 0.455 e. The molecule has 0 saturated carbocycles. The molecule has 0 aliphatic carbocycles. The Labute approximate surface area is 159 Å². The summed E-state index contributed by atoms with van der Waals surface area (Å²) in [6, 6.07) is 6.23. The van der Waals surface area contributed by atoms with E-state index in [0.29, 0.717) is 10.7 Å². The lowest BCUT2D eigenvalue weighted by atomic mass is 10.2. The standard InChI is InChI=1S/C17H18N4O5S/c1-10-4-5-13(14(6-10)21(24)25)20-15(22)8-26-16(23)9-27-17-18-11(2)7-12(3)19-17/h4-7H,8-9H2,1-3H3,(H,20,22). The number of nitro groups is 1. The van der Waals surface area contributed by atoms with Gasteiger partial charge in [-0.2, -0.15) is 0 Å². The average molecular weight is 390 g/mol. The van der Waals surface area contributed by atoms with Crippen LogP contribution >= 0.6 is 11.8 Å². The van der Waals surface area contributed by atoms with Crippen LogP contribution in [0, 0.1) is 30.9 Å². The number of nitrogens with one attached hydrogen (secondary N) is 1. The molecule has 0 aliphatic heterocycles. The van der Waals surface area contributed by atoms with Crippen LogP contribution in [0.15, 0.2) is 29.4 Å². The number of carbonyl (C=O) groups is 2. The van der Waals surface area contributed by atoms with E-state index >= 15 is 0 Å². The second-order valence-electron chi connectivity index (χ2n) is 5.71. The predicted molar refractivity (Wildman–Crippen MR) is 99.7 cm³/mol. The molecule has 0 spiro atoms. The summed E-state index contributed by atoms with van der Waals surface area (Å²) < 4.78 is 4.89. The molecule has 0 saturated heterocycles. The quantitative estimate of drug-likeness (QED) is 0.251. The highest BCUT2D eigenvalue weighted by Gasteiger charge is 2.17. The highest BCUT2D eigenvalue weighted by molar-refractivity contribution is 7.99. The number of esters is 1. The average Bonchev–Trinajstić information content (AvgIpc) is 2.58. The molecular formula is C17H18N4O5S. The van der Waals surface area contributed by atoms with Crippen LogP contribution in [0.4, 0.5) is 11.4 Å². The molecule has 1 amide bonds. The SMILES string of the molecule is Cc1ccc(NC(=O)COC(=O)CSc2nc(C)cc(C)n2)c([N+](=O)[O-])c1. The van der Waals surface area contributed by atoms with Crippen molar-refractivity contribution >= 4 is 35.0 Å². The van der Waals surface area contributed by atoms with Crippen LogP contribution in [0.25, 0.3) is 0 Å². The second kappa shape index (κ2) is 9.08. The van der Waals surface area contributed by atoms with Gasteiger partial charge in [0, 0.05) is 17.5 Å². The first-order chi connectivity index (χ1) is 12.7. The molecule has 2 aromatic rings. The number of ether oxygens (including phenoxy) is 1. The van der Waals surface area contributed by atoms with Gasteiger partial charge in [0.1, 0.15) is 5.69 Å². The number of nitro benzene ring substituents is 1. The zero-order chi connectivity index (χ0) is 20.0. The molecule has 1 heterocycles. The summed E-state index contributed by atoms with van der Waals surface area (Å²) >= 11 is 1.10. The van der Waals surface area contributed by atoms with Gasteiger partial charge in [0.05, 0.1) is 10.7 Å². The molecule has 27 heavy (non-hydrogen) atoms. The number of rotatable bonds is 7. The molecule has 0 radical (unpaired) electrons. The zero-order valence-corrected chi connectivity index (χ0v) is 15.8. The minimum Gasteiger partial charge on any atom is -0.455 e. The van der Waals surface area contributed by atoms with E-state index in [-0.39, 0.29) is 17.1 Å². The van der Waals surface area contributed by atoms with Crippen molar-refractivity contribution in [1.82, 2.24) is 9.97 Å². The van der Waals surface area contributed by atoms with E-state index in [1.807, 2.05) is 19.9 Å². The highest BCUT2D eigenvalue weighted by atomic mass is 32.2. The molecule has 0 bridgehead atoms. The Morgan fingerprint density at radius 1 is 1.19 bits per heavy atom. The predicted octanol–water partition coefficient (Wildman–Crippen LogP) is 2.58. The van der Waals surface area contributed by atoms with Crippen molar-refractivity contribution in [1.29, 1.82) is 0 Å². The molecular weight excluding hydrogens is 372 g/mol. The number of amides is 1. The Morgan fingerprint density at radius 3 is 2.48 bits per heavy atom. The van der Waals surface area contributed by atoms with Gasteiger partial charge in [-0.05, 0) is 38.5 Å². The van der Waals surface area contributed by atoms with E-state index in [1.165, 1.54) is 12.1 Å². The Bertz CT molecular complexity index is 867. The smallest absolute Gasteiger partial charge is 0.316 e. The molecule has 1 aromatic heterocycles. The number of aryl methyl sites for hydroxylation is 3. The second-order valence-corrected chi connectivity index (χ2v) is 6.65. The van der Waals surface area contributed by atoms with Crippen molar-refractivity contribution in [3.05, 3.63) is 51.3 Å². The van der Waals surface area contributed by atoms with Crippen LogP contribution in [-0.2, 0) is 14.3 Å². The highest BCUT2D eigenvalue weighted by Crippen LogP contribution is 2.25. The molecule has 2 rings (SSSR count). The van der Waals surface area contributed by atoms with Gasteiger partial charge in [0.15, 0.2) is 11.8 Å². The van der Waals surface area contributed by atoms with Crippen molar-refractivity contribution in [3.63, 3.8) is 0 Å². The third-order valence-corrected chi connectivity index (χ3v) is 4.09. The molecule has 1 N–H and O–H groups in total. The lowest BCUT2D eigenvalue weighted by molar-refractivity contribution is -0.384. The molecule has 1 aromatic carbocycles. The van der Waals surface area contributed by atoms with Crippen LogP contribution in [0.5, 0.6) is 0 Å². The van der Waals surface area contributed by atoms with Crippen molar-refractivity contribution in [3.8, 4) is 0 Å². The minimum absolute atomic E-state index is 0.0460. The number of nitrogens with zero attached hydrogens (tertiary/aromatic N) is 3. The van der Waals surface area contributed by atoms with Crippen LogP contribution < -0.4 is 5.32 Å². The maximum atomic E-state index is 11.9. The Morgan fingerprint density at radius 2 is 1.85 bits per heavy atom. The Balaban J connectivity index is 1.85.